The van der Waals surface area contributed by atoms with Gasteiger partial charge < -0.3 is 20.1 Å². The number of rotatable bonds is 7. The third-order valence-electron chi connectivity index (χ3n) is 8.28. The number of imidazole rings is 1. The third-order valence-corrected chi connectivity index (χ3v) is 10.5. The average Bonchev–Trinajstić information content (AvgIpc) is 3.53. The van der Waals surface area contributed by atoms with E-state index in [1.165, 1.54) is 16.6 Å². The van der Waals surface area contributed by atoms with Crippen molar-refractivity contribution in [3.63, 3.8) is 0 Å². The molecule has 0 amide bonds. The molecule has 2 aliphatic heterocycles. The van der Waals surface area contributed by atoms with E-state index in [-0.39, 0.29) is 39.2 Å². The van der Waals surface area contributed by atoms with Gasteiger partial charge in [0.2, 0.25) is 16.0 Å². The summed E-state index contributed by atoms with van der Waals surface area (Å²) in [6, 6.07) is 9.78. The molecule has 2 saturated heterocycles. The predicted octanol–water partition coefficient (Wildman–Crippen LogP) is 4.86. The molecule has 0 unspecified atom stereocenters. The van der Waals surface area contributed by atoms with Gasteiger partial charge in [-0.25, -0.2) is 27.8 Å². The molecule has 2 aromatic carbocycles. The summed E-state index contributed by atoms with van der Waals surface area (Å²) in [6.07, 6.45) is 1.94. The Labute approximate surface area is 254 Å². The van der Waals surface area contributed by atoms with Crippen LogP contribution < -0.4 is 5.32 Å². The minimum atomic E-state index is -3.78. The van der Waals surface area contributed by atoms with E-state index in [0.717, 1.165) is 0 Å². The Hall–Kier alpha value is -3.16. The molecule has 2 fully saturated rings. The minimum Gasteiger partial charge on any atom is -0.389 e. The maximum absolute atomic E-state index is 15.4. The van der Waals surface area contributed by atoms with E-state index in [4.69, 9.17) is 11.6 Å². The van der Waals surface area contributed by atoms with Crippen LogP contribution in [0.15, 0.2) is 53.6 Å². The highest BCUT2D eigenvalue weighted by Crippen LogP contribution is 2.41. The lowest BCUT2D eigenvalue weighted by atomic mass is 9.96. The topological polar surface area (TPSA) is 133 Å². The summed E-state index contributed by atoms with van der Waals surface area (Å²) < 4.78 is 45.6. The second kappa shape index (κ2) is 10.8. The first-order valence-corrected chi connectivity index (χ1v) is 16.1. The van der Waals surface area contributed by atoms with Crippen LogP contribution in [0.1, 0.15) is 58.8 Å². The van der Waals surface area contributed by atoms with Crippen molar-refractivity contribution in [1.82, 2.24) is 23.8 Å². The highest BCUT2D eigenvalue weighted by molar-refractivity contribution is 7.89. The standard InChI is InChI=1S/C30H34ClFN6O4S/c1-16(2)37-24-13-17(12-21(32)26(24)35-28(37)30(3,4)40)25-20(31)15-33-29(36-25)34-22-14-18-10-11-23(27(22)39)38(18)43(41,42)19-8-6-5-7-9-19/h5-9,12-13,15-16,18,22-23,27,39-40H,10-11,14H2,1-4H3,(H,33,34,36)/t18-,22-,23+,27+/m0/s1. The highest BCUT2D eigenvalue weighted by atomic mass is 35.5. The number of aromatic nitrogens is 4. The van der Waals surface area contributed by atoms with E-state index >= 15 is 4.39 Å². The number of aliphatic hydroxyl groups excluding tert-OH is 1. The Bertz CT molecular complexity index is 1790. The summed E-state index contributed by atoms with van der Waals surface area (Å²) >= 11 is 6.51. The molecule has 43 heavy (non-hydrogen) atoms. The van der Waals surface area contributed by atoms with Crippen LogP contribution in [0.25, 0.3) is 22.3 Å². The molecule has 10 nitrogen and oxygen atoms in total. The fourth-order valence-corrected chi connectivity index (χ4v) is 8.53. The molecule has 2 aliphatic rings. The number of fused-ring (bicyclic) bond motifs is 3. The van der Waals surface area contributed by atoms with Crippen molar-refractivity contribution < 1.29 is 23.0 Å². The smallest absolute Gasteiger partial charge is 0.243 e. The SMILES string of the molecule is CC(C)n1c(C(C)(C)O)nc2c(F)cc(-c3nc(N[C@H]4C[C@@H]5CC[C@H]([C@@H]4O)N5S(=O)(=O)c4ccccc4)ncc3Cl)cc21. The number of halogens is 2. The Balaban J connectivity index is 1.31. The summed E-state index contributed by atoms with van der Waals surface area (Å²) in [4.78, 5) is 13.5. The Kier molecular flexibility index (Phi) is 7.49. The van der Waals surface area contributed by atoms with Crippen LogP contribution in [0.5, 0.6) is 0 Å². The maximum Gasteiger partial charge on any atom is 0.243 e. The predicted molar refractivity (Wildman–Crippen MR) is 162 cm³/mol. The van der Waals surface area contributed by atoms with Crippen molar-refractivity contribution in [1.29, 1.82) is 0 Å². The molecule has 0 saturated carbocycles. The summed E-state index contributed by atoms with van der Waals surface area (Å²) in [5.41, 5.74) is 0.00601. The van der Waals surface area contributed by atoms with E-state index in [1.54, 1.807) is 54.8 Å². The first kappa shape index (κ1) is 29.9. The molecule has 0 spiro atoms. The molecule has 13 heteroatoms. The third kappa shape index (κ3) is 5.18. The van der Waals surface area contributed by atoms with Gasteiger partial charge in [0, 0.05) is 17.6 Å². The number of anilines is 1. The lowest BCUT2D eigenvalue weighted by Gasteiger charge is -2.41. The van der Waals surface area contributed by atoms with Crippen molar-refractivity contribution in [3.8, 4) is 11.3 Å². The van der Waals surface area contributed by atoms with Gasteiger partial charge in [-0.05, 0) is 71.2 Å². The molecule has 3 N–H and O–H groups in total. The van der Waals surface area contributed by atoms with E-state index in [1.807, 2.05) is 13.8 Å². The van der Waals surface area contributed by atoms with Crippen LogP contribution in [0.4, 0.5) is 10.3 Å². The number of aliphatic hydroxyl groups is 2. The van der Waals surface area contributed by atoms with Crippen LogP contribution in [0.2, 0.25) is 5.02 Å². The van der Waals surface area contributed by atoms with E-state index in [9.17, 15) is 18.6 Å². The van der Waals surface area contributed by atoms with Gasteiger partial charge in [0.25, 0.3) is 0 Å². The quantitative estimate of drug-likeness (QED) is 0.264. The zero-order chi connectivity index (χ0) is 30.8. The normalized spacial score (nSPS) is 22.9. The molecule has 2 aromatic heterocycles. The molecule has 2 bridgehead atoms. The van der Waals surface area contributed by atoms with Crippen LogP contribution in [0.3, 0.4) is 0 Å². The number of hydrogen-bond acceptors (Lipinski definition) is 8. The van der Waals surface area contributed by atoms with E-state index in [0.29, 0.717) is 36.2 Å². The number of benzene rings is 2. The van der Waals surface area contributed by atoms with Gasteiger partial charge in [0.1, 0.15) is 16.9 Å². The average molecular weight is 629 g/mol. The number of nitrogens with zero attached hydrogens (tertiary/aromatic N) is 5. The molecular formula is C30H34ClFN6O4S. The van der Waals surface area contributed by atoms with Gasteiger partial charge in [-0.15, -0.1) is 0 Å². The highest BCUT2D eigenvalue weighted by Gasteiger charge is 2.52. The zero-order valence-corrected chi connectivity index (χ0v) is 25.8. The first-order chi connectivity index (χ1) is 20.3. The molecule has 4 heterocycles. The lowest BCUT2D eigenvalue weighted by Crippen LogP contribution is -2.58. The van der Waals surface area contributed by atoms with Crippen LogP contribution in [0, 0.1) is 5.82 Å². The molecule has 4 aromatic rings. The Morgan fingerprint density at radius 2 is 1.86 bits per heavy atom. The molecule has 0 radical (unpaired) electrons. The van der Waals surface area contributed by atoms with Crippen LogP contribution in [-0.2, 0) is 15.6 Å². The van der Waals surface area contributed by atoms with Crippen molar-refractivity contribution in [2.75, 3.05) is 5.32 Å². The molecular weight excluding hydrogens is 595 g/mol. The largest absolute Gasteiger partial charge is 0.389 e. The molecule has 228 valence electrons. The Morgan fingerprint density at radius 3 is 2.53 bits per heavy atom. The fraction of sp³-hybridized carbons (Fsp3) is 0.433. The monoisotopic (exact) mass is 628 g/mol. The minimum absolute atomic E-state index is 0.118. The maximum atomic E-state index is 15.4. The van der Waals surface area contributed by atoms with Gasteiger partial charge in [0.15, 0.2) is 5.82 Å². The van der Waals surface area contributed by atoms with Crippen molar-refractivity contribution in [2.24, 2.45) is 0 Å². The van der Waals surface area contributed by atoms with Crippen LogP contribution in [-0.4, -0.2) is 66.7 Å². The van der Waals surface area contributed by atoms with Crippen molar-refractivity contribution in [2.45, 2.75) is 87.7 Å². The van der Waals surface area contributed by atoms with E-state index < -0.39 is 39.6 Å². The number of hydrogen-bond donors (Lipinski definition) is 3. The number of sulfonamides is 1. The summed E-state index contributed by atoms with van der Waals surface area (Å²) in [5, 5.41) is 25.4. The second-order valence-corrected chi connectivity index (χ2v) is 14.3. The number of nitrogens with one attached hydrogen (secondary N) is 1. The summed E-state index contributed by atoms with van der Waals surface area (Å²) in [7, 11) is -3.78. The second-order valence-electron chi connectivity index (χ2n) is 12.1. The summed E-state index contributed by atoms with van der Waals surface area (Å²) in [6.45, 7) is 7.06. The first-order valence-electron chi connectivity index (χ1n) is 14.3. The van der Waals surface area contributed by atoms with Crippen molar-refractivity contribution in [3.05, 3.63) is 65.3 Å². The van der Waals surface area contributed by atoms with Gasteiger partial charge >= 0.3 is 0 Å². The number of piperidine rings is 1. The lowest BCUT2D eigenvalue weighted by molar-refractivity contribution is 0.0468. The van der Waals surface area contributed by atoms with Gasteiger partial charge in [-0.2, -0.15) is 4.31 Å². The van der Waals surface area contributed by atoms with Crippen molar-refractivity contribution >= 4 is 38.6 Å². The molecule has 4 atom stereocenters. The zero-order valence-electron chi connectivity index (χ0n) is 24.2. The van der Waals surface area contributed by atoms with Gasteiger partial charge in [-0.3, -0.25) is 0 Å². The fourth-order valence-electron chi connectivity index (χ4n) is 6.41. The van der Waals surface area contributed by atoms with Gasteiger partial charge in [-0.1, -0.05) is 29.8 Å². The summed E-state index contributed by atoms with van der Waals surface area (Å²) in [5.74, 6) is -0.0632. The van der Waals surface area contributed by atoms with E-state index in [2.05, 4.69) is 20.3 Å². The van der Waals surface area contributed by atoms with Gasteiger partial charge in [0.05, 0.1) is 45.5 Å². The van der Waals surface area contributed by atoms with Crippen LogP contribution >= 0.6 is 11.6 Å². The molecule has 0 aliphatic carbocycles. The Morgan fingerprint density at radius 1 is 1.14 bits per heavy atom. The molecule has 6 rings (SSSR count).